The third-order valence-corrected chi connectivity index (χ3v) is 1.67. The molecule has 0 fully saturated rings. The maximum Gasteiger partial charge on any atom is 0.187 e. The van der Waals surface area contributed by atoms with E-state index < -0.39 is 0 Å². The van der Waals surface area contributed by atoms with Gasteiger partial charge < -0.3 is 9.47 Å². The Kier molecular flexibility index (Phi) is 3.96. The van der Waals surface area contributed by atoms with Crippen LogP contribution in [0.15, 0.2) is 28.9 Å². The van der Waals surface area contributed by atoms with Crippen LogP contribution in [0, 0.1) is 0 Å². The predicted octanol–water partition coefficient (Wildman–Crippen LogP) is 1.55. The number of hydrogen-bond donors (Lipinski definition) is 0. The number of carbonyl (C=O) groups excluding carboxylic acids is 1. The zero-order valence-electron chi connectivity index (χ0n) is 8.40. The number of nitrogens with zero attached hydrogens (tertiary/aromatic N) is 1. The first kappa shape index (κ1) is 10.8. The van der Waals surface area contributed by atoms with E-state index in [1.54, 1.807) is 25.3 Å². The Morgan fingerprint density at radius 2 is 2.07 bits per heavy atom. The molecule has 0 saturated heterocycles. The van der Waals surface area contributed by atoms with E-state index in [-0.39, 0.29) is 0 Å². The Morgan fingerprint density at radius 3 is 2.67 bits per heavy atom. The quantitative estimate of drug-likeness (QED) is 0.425. The van der Waals surface area contributed by atoms with Gasteiger partial charge in [0, 0.05) is 11.8 Å². The standard InChI is InChI=1S/C11H9NO3/c1-14-9-4-5-11(15-2)10(8-9)12-6-3-7-13/h4-5,8H,1-2H3. The second kappa shape index (κ2) is 5.48. The van der Waals surface area contributed by atoms with Gasteiger partial charge in [0.25, 0.3) is 0 Å². The van der Waals surface area contributed by atoms with Crippen LogP contribution in [0.4, 0.5) is 5.69 Å². The van der Waals surface area contributed by atoms with Crippen molar-refractivity contribution in [2.24, 2.45) is 4.99 Å². The van der Waals surface area contributed by atoms with Gasteiger partial charge in [0.05, 0.1) is 20.1 Å². The second-order valence-corrected chi connectivity index (χ2v) is 2.49. The van der Waals surface area contributed by atoms with Gasteiger partial charge in [-0.3, -0.25) is 0 Å². The highest BCUT2D eigenvalue weighted by atomic mass is 16.5. The van der Waals surface area contributed by atoms with Crippen molar-refractivity contribution in [3.05, 3.63) is 23.9 Å². The fourth-order valence-electron chi connectivity index (χ4n) is 0.995. The largest absolute Gasteiger partial charge is 0.497 e. The monoisotopic (exact) mass is 203 g/mol. The van der Waals surface area contributed by atoms with Gasteiger partial charge in [-0.2, -0.15) is 4.99 Å². The first-order valence-corrected chi connectivity index (χ1v) is 4.11. The molecule has 0 bridgehead atoms. The molecule has 1 rings (SSSR count). The van der Waals surface area contributed by atoms with Crippen molar-refractivity contribution < 1.29 is 14.3 Å². The summed E-state index contributed by atoms with van der Waals surface area (Å²) in [6, 6.07) is 5.12. The van der Waals surface area contributed by atoms with Crippen LogP contribution in [0.2, 0.25) is 0 Å². The van der Waals surface area contributed by atoms with E-state index in [1.807, 2.05) is 0 Å². The molecule has 0 unspecified atom stereocenters. The minimum atomic E-state index is 0.514. The van der Waals surface area contributed by atoms with E-state index in [9.17, 15) is 4.79 Å². The van der Waals surface area contributed by atoms with E-state index >= 15 is 0 Å². The molecule has 0 aromatic heterocycles. The van der Waals surface area contributed by atoms with Crippen LogP contribution < -0.4 is 9.47 Å². The Labute approximate surface area is 87.2 Å². The van der Waals surface area contributed by atoms with Gasteiger partial charge in [-0.15, -0.1) is 0 Å². The van der Waals surface area contributed by atoms with Crippen molar-refractivity contribution in [3.8, 4) is 11.5 Å². The van der Waals surface area contributed by atoms with Crippen LogP contribution in [0.1, 0.15) is 0 Å². The lowest BCUT2D eigenvalue weighted by molar-refractivity contribution is 0.404. The van der Waals surface area contributed by atoms with Crippen LogP contribution in [-0.2, 0) is 4.79 Å². The second-order valence-electron chi connectivity index (χ2n) is 2.49. The average Bonchev–Trinajstić information content (AvgIpc) is 2.29. The molecular formula is C11H9NO3. The SMILES string of the molecule is COc1ccc(OC)c(N=C=C=C=O)c1. The van der Waals surface area contributed by atoms with Crippen LogP contribution in [0.5, 0.6) is 11.5 Å². The first-order valence-electron chi connectivity index (χ1n) is 4.11. The fraction of sp³-hybridized carbons (Fsp3) is 0.182. The molecule has 0 aliphatic carbocycles. The van der Waals surface area contributed by atoms with Gasteiger partial charge in [-0.25, -0.2) is 4.79 Å². The van der Waals surface area contributed by atoms with Gasteiger partial charge >= 0.3 is 0 Å². The van der Waals surface area contributed by atoms with Crippen LogP contribution >= 0.6 is 0 Å². The summed E-state index contributed by atoms with van der Waals surface area (Å²) in [4.78, 5) is 13.7. The molecule has 15 heavy (non-hydrogen) atoms. The van der Waals surface area contributed by atoms with E-state index in [1.165, 1.54) is 13.1 Å². The summed E-state index contributed by atoms with van der Waals surface area (Å²) >= 11 is 0. The molecule has 1 aromatic carbocycles. The summed E-state index contributed by atoms with van der Waals surface area (Å²) in [5.74, 6) is 4.93. The summed E-state index contributed by atoms with van der Waals surface area (Å²) in [5.41, 5.74) is 2.58. The smallest absolute Gasteiger partial charge is 0.187 e. The van der Waals surface area contributed by atoms with Crippen molar-refractivity contribution in [2.45, 2.75) is 0 Å². The number of hydrogen-bond acceptors (Lipinski definition) is 4. The lowest BCUT2D eigenvalue weighted by Gasteiger charge is -2.05. The third-order valence-electron chi connectivity index (χ3n) is 1.67. The van der Waals surface area contributed by atoms with E-state index in [0.717, 1.165) is 0 Å². The van der Waals surface area contributed by atoms with Crippen molar-refractivity contribution in [1.82, 2.24) is 0 Å². The molecule has 76 valence electrons. The molecule has 0 spiro atoms. The Bertz CT molecular complexity index is 463. The molecule has 4 nitrogen and oxygen atoms in total. The zero-order valence-corrected chi connectivity index (χ0v) is 8.40. The summed E-state index contributed by atoms with van der Waals surface area (Å²) in [5, 5.41) is 0. The molecule has 0 saturated carbocycles. The van der Waals surface area contributed by atoms with Gasteiger partial charge in [0.1, 0.15) is 17.2 Å². The zero-order chi connectivity index (χ0) is 11.1. The number of methoxy groups -OCH3 is 2. The number of ether oxygens (including phenoxy) is 2. The molecule has 0 atom stereocenters. The normalized spacial score (nSPS) is 8.13. The van der Waals surface area contributed by atoms with Gasteiger partial charge in [-0.05, 0) is 12.1 Å². The maximum atomic E-state index is 9.86. The summed E-state index contributed by atoms with van der Waals surface area (Å²) < 4.78 is 10.1. The topological polar surface area (TPSA) is 47.9 Å². The number of aliphatic imine (C=N–C) groups is 1. The highest BCUT2D eigenvalue weighted by Gasteiger charge is 2.02. The lowest BCUT2D eigenvalue weighted by Crippen LogP contribution is -1.86. The number of rotatable bonds is 3. The van der Waals surface area contributed by atoms with Crippen LogP contribution in [-0.4, -0.2) is 26.0 Å². The predicted molar refractivity (Wildman–Crippen MR) is 55.8 cm³/mol. The molecule has 4 heteroatoms. The fourth-order valence-corrected chi connectivity index (χ4v) is 0.995. The molecular weight excluding hydrogens is 194 g/mol. The van der Waals surface area contributed by atoms with Gasteiger partial charge in [-0.1, -0.05) is 0 Å². The minimum Gasteiger partial charge on any atom is -0.497 e. The summed E-state index contributed by atoms with van der Waals surface area (Å²) in [6.07, 6.45) is 0. The molecule has 1 aromatic rings. The Morgan fingerprint density at radius 1 is 1.27 bits per heavy atom. The average molecular weight is 203 g/mol. The first-order chi connectivity index (χ1) is 7.31. The van der Waals surface area contributed by atoms with E-state index in [4.69, 9.17) is 9.47 Å². The highest BCUT2D eigenvalue weighted by Crippen LogP contribution is 2.30. The molecule has 0 heterocycles. The van der Waals surface area contributed by atoms with Crippen molar-refractivity contribution in [3.63, 3.8) is 0 Å². The maximum absolute atomic E-state index is 9.86. The molecule has 0 N–H and O–H groups in total. The van der Waals surface area contributed by atoms with Crippen molar-refractivity contribution >= 4 is 17.5 Å². The summed E-state index contributed by atoms with van der Waals surface area (Å²) in [6.45, 7) is 0. The van der Waals surface area contributed by atoms with E-state index in [0.29, 0.717) is 17.2 Å². The van der Waals surface area contributed by atoms with Crippen molar-refractivity contribution in [2.75, 3.05) is 14.2 Å². The number of benzene rings is 1. The molecule has 0 aliphatic heterocycles. The Balaban J connectivity index is 3.23. The minimum absolute atomic E-state index is 0.514. The van der Waals surface area contributed by atoms with Gasteiger partial charge in [0.15, 0.2) is 5.94 Å². The Hall–Kier alpha value is -2.24. The molecule has 0 amide bonds. The highest BCUT2D eigenvalue weighted by molar-refractivity contribution is 5.69. The van der Waals surface area contributed by atoms with Crippen molar-refractivity contribution in [1.29, 1.82) is 0 Å². The van der Waals surface area contributed by atoms with E-state index in [2.05, 4.69) is 16.6 Å². The van der Waals surface area contributed by atoms with Crippen LogP contribution in [0.3, 0.4) is 0 Å². The lowest BCUT2D eigenvalue weighted by atomic mass is 10.3. The molecule has 0 radical (unpaired) electrons. The summed E-state index contributed by atoms with van der Waals surface area (Å²) in [7, 11) is 3.08. The van der Waals surface area contributed by atoms with Gasteiger partial charge in [0.2, 0.25) is 0 Å². The third kappa shape index (κ3) is 2.87. The van der Waals surface area contributed by atoms with Crippen LogP contribution in [0.25, 0.3) is 0 Å². The molecule has 0 aliphatic rings.